The Balaban J connectivity index is 6.99. The first-order valence-electron chi connectivity index (χ1n) is 28.4. The lowest BCUT2D eigenvalue weighted by molar-refractivity contribution is -0.142. The maximum absolute atomic E-state index is 14.4. The molecule has 0 saturated heterocycles. The molecule has 0 fully saturated rings. The first kappa shape index (κ1) is 82.9. The quantitative estimate of drug-likeness (QED) is 0.0199. The fourth-order valence-electron chi connectivity index (χ4n) is 8.27. The van der Waals surface area contributed by atoms with E-state index >= 15 is 0 Å². The van der Waals surface area contributed by atoms with Gasteiger partial charge in [-0.3, -0.25) is 52.7 Å². The van der Waals surface area contributed by atoms with E-state index in [0.717, 1.165) is 7.11 Å². The van der Waals surface area contributed by atoms with E-state index in [9.17, 15) is 124 Å². The van der Waals surface area contributed by atoms with Crippen LogP contribution in [-0.2, 0) is 57.5 Å². The van der Waals surface area contributed by atoms with Crippen molar-refractivity contribution in [3.63, 3.8) is 0 Å². The van der Waals surface area contributed by atoms with Crippen LogP contribution in [0.3, 0.4) is 0 Å². The molecular weight excluding hydrogens is 1200 g/mol. The Morgan fingerprint density at radius 1 is 0.393 bits per heavy atom. The van der Waals surface area contributed by atoms with Gasteiger partial charge in [0.25, 0.3) is 0 Å². The van der Waals surface area contributed by atoms with Gasteiger partial charge in [-0.1, -0.05) is 0 Å². The molecule has 0 aromatic carbocycles. The number of nitrogens with two attached hydrogens (primary N) is 2. The summed E-state index contributed by atoms with van der Waals surface area (Å²) in [4.78, 5) is 144. The predicted molar refractivity (Wildman–Crippen MR) is 299 cm³/mol. The van der Waals surface area contributed by atoms with Gasteiger partial charge in [0.2, 0.25) is 35.4 Å². The van der Waals surface area contributed by atoms with Crippen molar-refractivity contribution in [2.45, 2.75) is 194 Å². The molecule has 0 rings (SSSR count). The summed E-state index contributed by atoms with van der Waals surface area (Å²) in [7, 11) is 1.13. The van der Waals surface area contributed by atoms with Gasteiger partial charge in [0.05, 0.1) is 63.4 Å². The molecule has 89 heavy (non-hydrogen) atoms. The number of rotatable bonds is 50. The molecule has 0 bridgehead atoms. The number of aliphatic hydroxyl groups is 15. The molecule has 18 unspecified atom stereocenters. The van der Waals surface area contributed by atoms with E-state index in [1.807, 2.05) is 0 Å². The summed E-state index contributed by atoms with van der Waals surface area (Å²) >= 11 is 0. The number of hydrogen-bond donors (Lipinski definition) is 25. The average molecular weight is 1290 g/mol. The molecule has 0 heterocycles. The molecule has 0 saturated carbocycles. The van der Waals surface area contributed by atoms with Gasteiger partial charge in [-0.05, 0) is 51.4 Å². The van der Waals surface area contributed by atoms with Crippen LogP contribution in [0, 0.1) is 11.8 Å². The highest BCUT2D eigenvalue weighted by Crippen LogP contribution is 2.20. The molecule has 27 N–H and O–H groups in total. The molecule has 6 amide bonds. The molecule has 0 aliphatic carbocycles. The number of carbonyl (C=O) groups excluding carboxylic acids is 9. The highest BCUT2D eigenvalue weighted by atomic mass is 16.5. The SMILES string of the molecule is COC(=O)C(N)CCCCNC(=O)C(CCC(=O)NCC(O)C(O)C(O)C(O)CO)CC(=O)C(CCC(=O)O)NC(=O)C(CCC(=O)NCC(O)C(O)C(O)C(O)CO)CC(=O)C(CCC(=O)O)NC(=O)C(N)CCC(=O)NCC(O)C(O)C(O)C(O)CO. The largest absolute Gasteiger partial charge is 0.481 e. The van der Waals surface area contributed by atoms with Crippen LogP contribution in [0.15, 0.2) is 0 Å². The third-order valence-electron chi connectivity index (χ3n) is 14.0. The zero-order valence-corrected chi connectivity index (χ0v) is 49.1. The predicted octanol–water partition coefficient (Wildman–Crippen LogP) is -12.1. The smallest absolute Gasteiger partial charge is 0.322 e. The monoisotopic (exact) mass is 1290 g/mol. The van der Waals surface area contributed by atoms with Crippen molar-refractivity contribution in [2.75, 3.05) is 53.1 Å². The van der Waals surface area contributed by atoms with E-state index in [4.69, 9.17) is 26.8 Å². The molecule has 37 heteroatoms. The minimum absolute atomic E-state index is 0.0872. The van der Waals surface area contributed by atoms with E-state index in [2.05, 4.69) is 36.6 Å². The van der Waals surface area contributed by atoms with E-state index in [-0.39, 0.29) is 25.8 Å². The third-order valence-corrected chi connectivity index (χ3v) is 14.0. The number of hydrogen-bond acceptors (Lipinski definition) is 29. The summed E-state index contributed by atoms with van der Waals surface area (Å²) in [6.45, 7) is -5.36. The van der Waals surface area contributed by atoms with Crippen molar-refractivity contribution in [1.82, 2.24) is 31.9 Å². The van der Waals surface area contributed by atoms with Gasteiger partial charge >= 0.3 is 17.9 Å². The summed E-state index contributed by atoms with van der Waals surface area (Å²) < 4.78 is 4.59. The number of nitrogens with one attached hydrogen (secondary N) is 6. The zero-order chi connectivity index (χ0) is 68.2. The summed E-state index contributed by atoms with van der Waals surface area (Å²) in [6, 6.07) is -6.24. The number of carboxylic acids is 2. The Morgan fingerprint density at radius 3 is 1.08 bits per heavy atom. The maximum atomic E-state index is 14.4. The topological polar surface area (TPSA) is 665 Å². The van der Waals surface area contributed by atoms with Gasteiger partial charge in [-0.2, -0.15) is 0 Å². The summed E-state index contributed by atoms with van der Waals surface area (Å²) in [5.74, 6) is -15.1. The van der Waals surface area contributed by atoms with Crippen LogP contribution in [0.2, 0.25) is 0 Å². The van der Waals surface area contributed by atoms with Crippen LogP contribution in [0.1, 0.15) is 96.3 Å². The fraction of sp³-hybridized carbons (Fsp3) is 0.788. The Bertz CT molecular complexity index is 2220. The molecule has 18 atom stereocenters. The summed E-state index contributed by atoms with van der Waals surface area (Å²) in [5.41, 5.74) is 11.8. The van der Waals surface area contributed by atoms with Crippen molar-refractivity contribution in [3.8, 4) is 0 Å². The number of aliphatic carboxylic acids is 2. The van der Waals surface area contributed by atoms with E-state index in [0.29, 0.717) is 0 Å². The molecule has 0 aliphatic rings. The van der Waals surface area contributed by atoms with Crippen molar-refractivity contribution >= 4 is 64.9 Å². The number of Topliss-reactive ketones (excluding diaryl/α,β-unsaturated/α-hetero) is 2. The van der Waals surface area contributed by atoms with E-state index < -0.39 is 291 Å². The second-order valence-electron chi connectivity index (χ2n) is 21.2. The molecule has 0 aromatic rings. The van der Waals surface area contributed by atoms with Crippen molar-refractivity contribution in [3.05, 3.63) is 0 Å². The lowest BCUT2D eigenvalue weighted by atomic mass is 9.89. The number of amides is 6. The Morgan fingerprint density at radius 2 is 0.730 bits per heavy atom. The molecule has 0 radical (unpaired) electrons. The van der Waals surface area contributed by atoms with Gasteiger partial charge in [0.15, 0.2) is 11.6 Å². The maximum Gasteiger partial charge on any atom is 0.322 e. The normalized spacial score (nSPS) is 17.6. The number of carboxylic acid groups (broad SMARTS) is 2. The van der Waals surface area contributed by atoms with Crippen LogP contribution in [-0.4, -0.2) is 302 Å². The Labute approximate surface area is 510 Å². The highest BCUT2D eigenvalue weighted by molar-refractivity contribution is 5.96. The molecule has 0 spiro atoms. The van der Waals surface area contributed by atoms with Gasteiger partial charge in [-0.15, -0.1) is 0 Å². The summed E-state index contributed by atoms with van der Waals surface area (Å²) in [6.07, 6.45) is -31.5. The van der Waals surface area contributed by atoms with Crippen LogP contribution < -0.4 is 43.4 Å². The summed E-state index contributed by atoms with van der Waals surface area (Å²) in [5, 5.41) is 180. The van der Waals surface area contributed by atoms with Crippen LogP contribution in [0.5, 0.6) is 0 Å². The number of aliphatic hydroxyl groups excluding tert-OH is 15. The number of ether oxygens (including phenoxy) is 1. The third kappa shape index (κ3) is 33.0. The average Bonchev–Trinajstić information content (AvgIpc) is 2.59. The lowest BCUT2D eigenvalue weighted by Crippen LogP contribution is -2.51. The fourth-order valence-corrected chi connectivity index (χ4v) is 8.27. The minimum atomic E-state index is -2.13. The van der Waals surface area contributed by atoms with Gasteiger partial charge < -0.3 is 135 Å². The van der Waals surface area contributed by atoms with E-state index in [1.54, 1.807) is 0 Å². The van der Waals surface area contributed by atoms with Crippen molar-refractivity contribution in [1.29, 1.82) is 0 Å². The van der Waals surface area contributed by atoms with Gasteiger partial charge in [0, 0.05) is 83.0 Å². The molecule has 0 aromatic heterocycles. The van der Waals surface area contributed by atoms with Crippen LogP contribution >= 0.6 is 0 Å². The van der Waals surface area contributed by atoms with Crippen molar-refractivity contribution < 1.29 is 144 Å². The van der Waals surface area contributed by atoms with Crippen LogP contribution in [0.25, 0.3) is 0 Å². The molecule has 37 nitrogen and oxygen atoms in total. The highest BCUT2D eigenvalue weighted by Gasteiger charge is 2.36. The Kier molecular flexibility index (Phi) is 41.3. The number of esters is 1. The molecule has 0 aliphatic heterocycles. The van der Waals surface area contributed by atoms with E-state index in [1.165, 1.54) is 0 Å². The second-order valence-corrected chi connectivity index (χ2v) is 21.2. The number of methoxy groups -OCH3 is 1. The standard InChI is InChI=1S/C52H92N8O29/c1-89-52(88)27(54)4-2-3-15-55-49(85)24(5-10-38(72)56-18-32(66)43(79)46(82)35(69)21-61)16-30(64)28(8-13-41(75)76)59-50(86)25(6-11-39(73)57-19-33(67)44(80)47(83)36(70)22-62)17-31(65)29(9-14-42(77)78)60-51(87)26(53)7-12-40(74)58-20-34(68)45(81)48(84)37(71)23-63/h24-29,32-37,43-48,61-63,66-71,79-84H,2-23,53-54H2,1H3,(H,55,85)(H,56,72)(H,57,73)(H,58,74)(H,59,86)(H,60,87)(H,75,76)(H,77,78). The number of unbranched alkanes of at least 4 members (excludes halogenated alkanes) is 1. The van der Waals surface area contributed by atoms with Gasteiger partial charge in [-0.25, -0.2) is 0 Å². The van der Waals surface area contributed by atoms with Crippen LogP contribution in [0.4, 0.5) is 0 Å². The Hall–Kier alpha value is -6.11. The molecular formula is C52H92N8O29. The zero-order valence-electron chi connectivity index (χ0n) is 49.1. The lowest BCUT2D eigenvalue weighted by Gasteiger charge is -2.26. The van der Waals surface area contributed by atoms with Crippen molar-refractivity contribution in [2.24, 2.45) is 23.3 Å². The second kappa shape index (κ2) is 44.4. The van der Waals surface area contributed by atoms with Gasteiger partial charge in [0.1, 0.15) is 61.0 Å². The minimum Gasteiger partial charge on any atom is -0.481 e. The molecule has 514 valence electrons. The first-order valence-corrected chi connectivity index (χ1v) is 28.4. The first-order chi connectivity index (χ1) is 41.7. The number of carbonyl (C=O) groups is 11. The number of ketones is 2.